The molecule has 1 aliphatic heterocycles. The van der Waals surface area contributed by atoms with Gasteiger partial charge in [0.1, 0.15) is 23.6 Å². The van der Waals surface area contributed by atoms with Crippen molar-refractivity contribution in [3.8, 4) is 22.8 Å². The van der Waals surface area contributed by atoms with Crippen molar-refractivity contribution in [1.82, 2.24) is 9.97 Å². The smallest absolute Gasteiger partial charge is 0.262 e. The fourth-order valence-electron chi connectivity index (χ4n) is 4.33. The van der Waals surface area contributed by atoms with Gasteiger partial charge < -0.3 is 15.1 Å². The quantitative estimate of drug-likeness (QED) is 0.477. The summed E-state index contributed by atoms with van der Waals surface area (Å²) in [6.07, 6.45) is 2.91. The molecule has 4 aromatic rings. The highest BCUT2D eigenvalue weighted by molar-refractivity contribution is 6.09. The molecule has 0 unspecified atom stereocenters. The molecule has 1 aliphatic rings. The largest absolute Gasteiger partial charge is 0.508 e. The lowest BCUT2D eigenvalue weighted by molar-refractivity contribution is 0.0972. The van der Waals surface area contributed by atoms with Crippen LogP contribution in [0.25, 0.3) is 22.2 Å². The molecule has 0 saturated carbocycles. The van der Waals surface area contributed by atoms with Crippen molar-refractivity contribution in [2.45, 2.75) is 25.8 Å². The third-order valence-corrected chi connectivity index (χ3v) is 5.93. The highest BCUT2D eigenvalue weighted by Gasteiger charge is 2.30. The Kier molecular flexibility index (Phi) is 4.74. The van der Waals surface area contributed by atoms with Gasteiger partial charge in [-0.15, -0.1) is 0 Å². The molecule has 0 saturated heterocycles. The number of carbonyl (C=O) groups is 1. The Balaban J connectivity index is 1.60. The summed E-state index contributed by atoms with van der Waals surface area (Å²) < 4.78 is 14.6. The second-order valence-corrected chi connectivity index (χ2v) is 7.96. The number of phenols is 2. The number of aromatic nitrogens is 2. The number of phenolic OH excluding ortho intramolecular Hbond substituents is 2. The summed E-state index contributed by atoms with van der Waals surface area (Å²) in [4.78, 5) is 23.5. The zero-order valence-corrected chi connectivity index (χ0v) is 17.3. The lowest BCUT2D eigenvalue weighted by Gasteiger charge is -2.35. The Morgan fingerprint density at radius 1 is 1.09 bits per heavy atom. The van der Waals surface area contributed by atoms with E-state index in [9.17, 15) is 19.4 Å². The van der Waals surface area contributed by atoms with Gasteiger partial charge in [-0.2, -0.15) is 0 Å². The third-order valence-electron chi connectivity index (χ3n) is 5.93. The zero-order chi connectivity index (χ0) is 22.4. The molecule has 0 aliphatic carbocycles. The van der Waals surface area contributed by atoms with Crippen LogP contribution in [0.1, 0.15) is 29.3 Å². The van der Waals surface area contributed by atoms with Crippen LogP contribution < -0.4 is 4.90 Å². The van der Waals surface area contributed by atoms with Crippen LogP contribution in [0.15, 0.2) is 60.9 Å². The molecule has 0 fully saturated rings. The van der Waals surface area contributed by atoms with E-state index in [-0.39, 0.29) is 34.8 Å². The number of amides is 1. The van der Waals surface area contributed by atoms with Crippen LogP contribution in [0, 0.1) is 5.82 Å². The van der Waals surface area contributed by atoms with Gasteiger partial charge in [0.2, 0.25) is 0 Å². The number of halogens is 1. The molecule has 0 spiro atoms. The Morgan fingerprint density at radius 3 is 2.75 bits per heavy atom. The molecule has 160 valence electrons. The standard InChI is InChI=1S/C25H20FN3O3/c1-14-5-6-15-11-16(24-23-19(26)3-2-4-20(23)27-13-28-24)7-10-21(15)29(14)25(32)18-9-8-17(30)12-22(18)31/h2-4,7-14,30-31H,5-6H2,1H3/t14-/m0/s1. The van der Waals surface area contributed by atoms with Crippen molar-refractivity contribution >= 4 is 22.5 Å². The van der Waals surface area contributed by atoms with Gasteiger partial charge in [0, 0.05) is 23.4 Å². The fraction of sp³-hybridized carbons (Fsp3) is 0.160. The van der Waals surface area contributed by atoms with Gasteiger partial charge in [0.05, 0.1) is 22.2 Å². The number of carbonyl (C=O) groups excluding carboxylic acids is 1. The molecular weight excluding hydrogens is 409 g/mol. The van der Waals surface area contributed by atoms with Crippen molar-refractivity contribution in [2.75, 3.05) is 4.90 Å². The Hall–Kier alpha value is -4.00. The summed E-state index contributed by atoms with van der Waals surface area (Å²) in [6, 6.07) is 14.2. The first-order valence-corrected chi connectivity index (χ1v) is 10.3. The number of aromatic hydroxyl groups is 2. The van der Waals surface area contributed by atoms with E-state index >= 15 is 0 Å². The maximum atomic E-state index is 14.6. The van der Waals surface area contributed by atoms with E-state index < -0.39 is 0 Å². The maximum absolute atomic E-state index is 14.6. The molecule has 3 aromatic carbocycles. The first-order chi connectivity index (χ1) is 15.4. The van der Waals surface area contributed by atoms with E-state index in [2.05, 4.69) is 9.97 Å². The minimum Gasteiger partial charge on any atom is -0.508 e. The van der Waals surface area contributed by atoms with Gasteiger partial charge in [-0.1, -0.05) is 12.1 Å². The van der Waals surface area contributed by atoms with Gasteiger partial charge in [0.25, 0.3) is 5.91 Å². The number of benzene rings is 3. The number of anilines is 1. The van der Waals surface area contributed by atoms with Crippen LogP contribution in [0.3, 0.4) is 0 Å². The van der Waals surface area contributed by atoms with Gasteiger partial charge in [-0.25, -0.2) is 14.4 Å². The molecule has 1 aromatic heterocycles. The van der Waals surface area contributed by atoms with Gasteiger partial charge >= 0.3 is 0 Å². The number of hydrogen-bond acceptors (Lipinski definition) is 5. The Bertz CT molecular complexity index is 1370. The number of nitrogens with zero attached hydrogens (tertiary/aromatic N) is 3. The van der Waals surface area contributed by atoms with Crippen LogP contribution >= 0.6 is 0 Å². The summed E-state index contributed by atoms with van der Waals surface area (Å²) in [5, 5.41) is 20.1. The van der Waals surface area contributed by atoms with E-state index in [0.29, 0.717) is 16.6 Å². The SMILES string of the molecule is C[C@H]1CCc2cc(-c3ncnc4cccc(F)c34)ccc2N1C(=O)c1ccc(O)cc1O. The predicted molar refractivity (Wildman–Crippen MR) is 119 cm³/mol. The molecular formula is C25H20FN3O3. The number of hydrogen-bond donors (Lipinski definition) is 2. The van der Waals surface area contributed by atoms with E-state index in [0.717, 1.165) is 35.7 Å². The molecule has 0 radical (unpaired) electrons. The average Bonchev–Trinajstić information content (AvgIpc) is 2.78. The summed E-state index contributed by atoms with van der Waals surface area (Å²) in [5.74, 6) is -1.11. The van der Waals surface area contributed by atoms with E-state index in [1.165, 1.54) is 24.5 Å². The van der Waals surface area contributed by atoms with Crippen molar-refractivity contribution < 1.29 is 19.4 Å². The zero-order valence-electron chi connectivity index (χ0n) is 17.3. The van der Waals surface area contributed by atoms with Gasteiger partial charge in [-0.3, -0.25) is 4.79 Å². The van der Waals surface area contributed by atoms with Crippen LogP contribution in [-0.2, 0) is 6.42 Å². The molecule has 32 heavy (non-hydrogen) atoms. The number of fused-ring (bicyclic) bond motifs is 2. The Morgan fingerprint density at radius 2 is 1.94 bits per heavy atom. The van der Waals surface area contributed by atoms with Crippen LogP contribution in [0.2, 0.25) is 0 Å². The van der Waals surface area contributed by atoms with Gasteiger partial charge in [-0.05, 0) is 61.7 Å². The summed E-state index contributed by atoms with van der Waals surface area (Å²) >= 11 is 0. The van der Waals surface area contributed by atoms with Crippen molar-refractivity contribution in [2.24, 2.45) is 0 Å². The maximum Gasteiger partial charge on any atom is 0.262 e. The Labute approximate surface area is 183 Å². The van der Waals surface area contributed by atoms with Gasteiger partial charge in [0.15, 0.2) is 0 Å². The van der Waals surface area contributed by atoms with E-state index in [4.69, 9.17) is 0 Å². The molecule has 6 nitrogen and oxygen atoms in total. The fourth-order valence-corrected chi connectivity index (χ4v) is 4.33. The lowest BCUT2D eigenvalue weighted by Crippen LogP contribution is -2.42. The third kappa shape index (κ3) is 3.22. The molecule has 1 atom stereocenters. The first-order valence-electron chi connectivity index (χ1n) is 10.3. The minimum atomic E-state index is -0.385. The van der Waals surface area contributed by atoms with Crippen molar-refractivity contribution in [1.29, 1.82) is 0 Å². The molecule has 1 amide bonds. The molecule has 2 heterocycles. The summed E-state index contributed by atoms with van der Waals surface area (Å²) in [7, 11) is 0. The van der Waals surface area contributed by atoms with Crippen LogP contribution in [-0.4, -0.2) is 32.1 Å². The normalized spacial score (nSPS) is 15.6. The summed E-state index contributed by atoms with van der Waals surface area (Å²) in [6.45, 7) is 1.96. The number of aryl methyl sites for hydroxylation is 1. The van der Waals surface area contributed by atoms with E-state index in [1.807, 2.05) is 25.1 Å². The molecule has 0 bridgehead atoms. The molecule has 7 heteroatoms. The highest BCUT2D eigenvalue weighted by Crippen LogP contribution is 2.37. The first kappa shape index (κ1) is 19.9. The number of rotatable bonds is 2. The molecule has 5 rings (SSSR count). The predicted octanol–water partition coefficient (Wildman–Crippen LogP) is 4.83. The average molecular weight is 429 g/mol. The monoisotopic (exact) mass is 429 g/mol. The lowest BCUT2D eigenvalue weighted by atomic mass is 9.92. The summed E-state index contributed by atoms with van der Waals surface area (Å²) in [5.41, 5.74) is 3.58. The second-order valence-electron chi connectivity index (χ2n) is 7.96. The minimum absolute atomic E-state index is 0.0774. The molecule has 2 N–H and O–H groups in total. The van der Waals surface area contributed by atoms with Crippen LogP contribution in [0.5, 0.6) is 11.5 Å². The highest BCUT2D eigenvalue weighted by atomic mass is 19.1. The second kappa shape index (κ2) is 7.60. The van der Waals surface area contributed by atoms with Crippen molar-refractivity contribution in [3.63, 3.8) is 0 Å². The van der Waals surface area contributed by atoms with Crippen molar-refractivity contribution in [3.05, 3.63) is 77.9 Å². The van der Waals surface area contributed by atoms with Crippen LogP contribution in [0.4, 0.5) is 10.1 Å². The topological polar surface area (TPSA) is 86.6 Å². The van der Waals surface area contributed by atoms with E-state index in [1.54, 1.807) is 17.0 Å².